The second-order valence-electron chi connectivity index (χ2n) is 6.45. The molecule has 27 heavy (non-hydrogen) atoms. The van der Waals surface area contributed by atoms with Crippen LogP contribution in [0, 0.1) is 6.92 Å². The van der Waals surface area contributed by atoms with E-state index >= 15 is 0 Å². The van der Waals surface area contributed by atoms with Gasteiger partial charge in [-0.3, -0.25) is 0 Å². The van der Waals surface area contributed by atoms with Gasteiger partial charge < -0.3 is 4.74 Å². The first kappa shape index (κ1) is 17.8. The quantitative estimate of drug-likeness (QED) is 0.449. The molecule has 4 heterocycles. The summed E-state index contributed by atoms with van der Waals surface area (Å²) in [5.41, 5.74) is 3.70. The van der Waals surface area contributed by atoms with Crippen LogP contribution >= 0.6 is 22.7 Å². The van der Waals surface area contributed by atoms with E-state index in [0.29, 0.717) is 11.3 Å². The molecule has 0 aliphatic carbocycles. The molecule has 0 aromatic carbocycles. The van der Waals surface area contributed by atoms with Crippen molar-refractivity contribution in [3.63, 3.8) is 0 Å². The normalized spacial score (nSPS) is 11.4. The molecule has 0 saturated carbocycles. The van der Waals surface area contributed by atoms with E-state index in [2.05, 4.69) is 20.4 Å². The Bertz CT molecular complexity index is 1100. The van der Waals surface area contributed by atoms with Gasteiger partial charge in [-0.05, 0) is 38.3 Å². The van der Waals surface area contributed by atoms with Gasteiger partial charge >= 0.3 is 5.97 Å². The fourth-order valence-corrected chi connectivity index (χ4v) is 4.28. The standard InChI is InChI=1S/C19H18N4O2S2/c1-11(2)23-17-14(7-20-23)6-16(12(3)21-17)19(24)25-8-15-10-27-18(22-15)13-4-5-26-9-13/h4-7,9-11H,8H2,1-3H3. The summed E-state index contributed by atoms with van der Waals surface area (Å²) in [6.07, 6.45) is 1.73. The number of pyridine rings is 1. The van der Waals surface area contributed by atoms with Crippen molar-refractivity contribution in [3.05, 3.63) is 51.4 Å². The topological polar surface area (TPSA) is 69.9 Å². The van der Waals surface area contributed by atoms with Crippen LogP contribution in [-0.2, 0) is 11.3 Å². The number of hydrogen-bond acceptors (Lipinski definition) is 7. The number of esters is 1. The molecule has 0 fully saturated rings. The summed E-state index contributed by atoms with van der Waals surface area (Å²) >= 11 is 3.18. The summed E-state index contributed by atoms with van der Waals surface area (Å²) < 4.78 is 7.32. The molecule has 0 radical (unpaired) electrons. The molecule has 0 N–H and O–H groups in total. The van der Waals surface area contributed by atoms with Crippen LogP contribution < -0.4 is 0 Å². The summed E-state index contributed by atoms with van der Waals surface area (Å²) in [6, 6.07) is 4.03. The molecular formula is C19H18N4O2S2. The monoisotopic (exact) mass is 398 g/mol. The van der Waals surface area contributed by atoms with Crippen LogP contribution in [0.1, 0.15) is 41.6 Å². The lowest BCUT2D eigenvalue weighted by Crippen LogP contribution is -2.10. The Morgan fingerprint density at radius 3 is 2.89 bits per heavy atom. The van der Waals surface area contributed by atoms with Crippen LogP contribution in [0.3, 0.4) is 0 Å². The van der Waals surface area contributed by atoms with E-state index in [1.54, 1.807) is 34.9 Å². The van der Waals surface area contributed by atoms with Crippen molar-refractivity contribution < 1.29 is 9.53 Å². The smallest absolute Gasteiger partial charge is 0.340 e. The molecule has 6 nitrogen and oxygen atoms in total. The van der Waals surface area contributed by atoms with Gasteiger partial charge in [0.2, 0.25) is 0 Å². The highest BCUT2D eigenvalue weighted by Gasteiger charge is 2.17. The minimum absolute atomic E-state index is 0.141. The molecule has 8 heteroatoms. The molecule has 0 saturated heterocycles. The van der Waals surface area contributed by atoms with Gasteiger partial charge in [-0.25, -0.2) is 19.4 Å². The highest BCUT2D eigenvalue weighted by molar-refractivity contribution is 7.14. The van der Waals surface area contributed by atoms with Crippen molar-refractivity contribution in [2.45, 2.75) is 33.4 Å². The third-order valence-electron chi connectivity index (χ3n) is 4.14. The number of thiophene rings is 1. The fraction of sp³-hybridized carbons (Fsp3) is 0.263. The van der Waals surface area contributed by atoms with Gasteiger partial charge in [0.25, 0.3) is 0 Å². The third-order valence-corrected chi connectivity index (χ3v) is 5.76. The van der Waals surface area contributed by atoms with Crippen LogP contribution in [0.4, 0.5) is 0 Å². The predicted molar refractivity (Wildman–Crippen MR) is 107 cm³/mol. The number of thiazole rings is 1. The SMILES string of the molecule is Cc1nc2c(cnn2C(C)C)cc1C(=O)OCc1csc(-c2ccsc2)n1. The Kier molecular flexibility index (Phi) is 4.75. The van der Waals surface area contributed by atoms with E-state index in [1.807, 2.05) is 42.3 Å². The maximum absolute atomic E-state index is 12.5. The van der Waals surface area contributed by atoms with Crippen molar-refractivity contribution in [1.29, 1.82) is 0 Å². The second-order valence-corrected chi connectivity index (χ2v) is 8.09. The van der Waals surface area contributed by atoms with E-state index < -0.39 is 5.97 Å². The molecule has 0 amide bonds. The Balaban J connectivity index is 1.51. The Morgan fingerprint density at radius 2 is 2.15 bits per heavy atom. The van der Waals surface area contributed by atoms with Crippen molar-refractivity contribution in [2.75, 3.05) is 0 Å². The van der Waals surface area contributed by atoms with Crippen molar-refractivity contribution >= 4 is 39.7 Å². The van der Waals surface area contributed by atoms with E-state index in [1.165, 1.54) is 0 Å². The van der Waals surface area contributed by atoms with Crippen LogP contribution in [0.15, 0.2) is 34.5 Å². The number of hydrogen-bond donors (Lipinski definition) is 0. The van der Waals surface area contributed by atoms with Gasteiger partial charge in [-0.1, -0.05) is 0 Å². The first-order chi connectivity index (χ1) is 13.0. The number of nitrogens with zero attached hydrogens (tertiary/aromatic N) is 4. The van der Waals surface area contributed by atoms with Gasteiger partial charge in [-0.2, -0.15) is 16.4 Å². The first-order valence-corrected chi connectivity index (χ1v) is 10.3. The van der Waals surface area contributed by atoms with Gasteiger partial charge in [0.15, 0.2) is 5.65 Å². The van der Waals surface area contributed by atoms with Crippen LogP contribution in [-0.4, -0.2) is 25.7 Å². The highest BCUT2D eigenvalue weighted by atomic mass is 32.1. The molecule has 0 bridgehead atoms. The lowest BCUT2D eigenvalue weighted by Gasteiger charge is -2.09. The van der Waals surface area contributed by atoms with Crippen LogP contribution in [0.5, 0.6) is 0 Å². The first-order valence-electron chi connectivity index (χ1n) is 8.52. The number of carbonyl (C=O) groups is 1. The van der Waals surface area contributed by atoms with Gasteiger partial charge in [0.05, 0.1) is 23.1 Å². The number of ether oxygens (including phenoxy) is 1. The minimum atomic E-state index is -0.399. The van der Waals surface area contributed by atoms with E-state index in [0.717, 1.165) is 27.3 Å². The van der Waals surface area contributed by atoms with E-state index in [9.17, 15) is 4.79 Å². The van der Waals surface area contributed by atoms with Crippen molar-refractivity contribution in [3.8, 4) is 10.6 Å². The maximum atomic E-state index is 12.5. The number of carbonyl (C=O) groups excluding carboxylic acids is 1. The van der Waals surface area contributed by atoms with Gasteiger partial charge in [0.1, 0.15) is 11.6 Å². The zero-order valence-electron chi connectivity index (χ0n) is 15.2. The van der Waals surface area contributed by atoms with Crippen LogP contribution in [0.25, 0.3) is 21.6 Å². The molecule has 4 aromatic rings. The van der Waals surface area contributed by atoms with Crippen molar-refractivity contribution in [1.82, 2.24) is 19.7 Å². The van der Waals surface area contributed by atoms with Crippen LogP contribution in [0.2, 0.25) is 0 Å². The molecule has 4 rings (SSSR count). The molecule has 0 spiro atoms. The summed E-state index contributed by atoms with van der Waals surface area (Å²) in [7, 11) is 0. The molecule has 4 aromatic heterocycles. The predicted octanol–water partition coefficient (Wildman–Crippen LogP) is 4.86. The molecule has 0 aliphatic heterocycles. The number of fused-ring (bicyclic) bond motifs is 1. The Hall–Kier alpha value is -2.58. The summed E-state index contributed by atoms with van der Waals surface area (Å²) in [5.74, 6) is -0.399. The average Bonchev–Trinajstić information content (AvgIpc) is 3.37. The Morgan fingerprint density at radius 1 is 1.30 bits per heavy atom. The van der Waals surface area contributed by atoms with Gasteiger partial charge in [0, 0.05) is 27.8 Å². The molecule has 138 valence electrons. The Labute approximate surface area is 164 Å². The number of aryl methyl sites for hydroxylation is 1. The third kappa shape index (κ3) is 3.50. The average molecular weight is 399 g/mol. The van der Waals surface area contributed by atoms with E-state index in [-0.39, 0.29) is 12.6 Å². The number of aromatic nitrogens is 4. The van der Waals surface area contributed by atoms with E-state index in [4.69, 9.17) is 4.74 Å². The molecule has 0 atom stereocenters. The highest BCUT2D eigenvalue weighted by Crippen LogP contribution is 2.26. The summed E-state index contributed by atoms with van der Waals surface area (Å²) in [4.78, 5) is 21.6. The minimum Gasteiger partial charge on any atom is -0.455 e. The molecular weight excluding hydrogens is 380 g/mol. The second kappa shape index (κ2) is 7.21. The zero-order valence-corrected chi connectivity index (χ0v) is 16.8. The molecule has 0 unspecified atom stereocenters. The molecule has 0 aliphatic rings. The number of rotatable bonds is 5. The largest absolute Gasteiger partial charge is 0.455 e. The zero-order chi connectivity index (χ0) is 19.0. The summed E-state index contributed by atoms with van der Waals surface area (Å²) in [6.45, 7) is 6.04. The van der Waals surface area contributed by atoms with Crippen molar-refractivity contribution in [2.24, 2.45) is 0 Å². The van der Waals surface area contributed by atoms with Gasteiger partial charge in [-0.15, -0.1) is 11.3 Å². The summed E-state index contributed by atoms with van der Waals surface area (Å²) in [5, 5.41) is 12.1. The lowest BCUT2D eigenvalue weighted by atomic mass is 10.2. The lowest BCUT2D eigenvalue weighted by molar-refractivity contribution is 0.0467. The maximum Gasteiger partial charge on any atom is 0.340 e. The fourth-order valence-electron chi connectivity index (χ4n) is 2.76.